The Labute approximate surface area is 145 Å². The van der Waals surface area contributed by atoms with Crippen LogP contribution in [0.4, 0.5) is 23.1 Å². The van der Waals surface area contributed by atoms with Gasteiger partial charge in [-0.15, -0.1) is 6.58 Å². The molecule has 0 radical (unpaired) electrons. The third-order valence-corrected chi connectivity index (χ3v) is 3.95. The van der Waals surface area contributed by atoms with Crippen molar-refractivity contribution in [3.05, 3.63) is 53.5 Å². The van der Waals surface area contributed by atoms with Gasteiger partial charge in [-0.2, -0.15) is 0 Å². The van der Waals surface area contributed by atoms with Gasteiger partial charge in [-0.05, 0) is 12.1 Å². The largest absolute Gasteiger partial charge is 0.361 e. The predicted molar refractivity (Wildman–Crippen MR) is 96.0 cm³/mol. The molecule has 3 heterocycles. The van der Waals surface area contributed by atoms with Crippen molar-refractivity contribution in [1.29, 1.82) is 0 Å². The molecule has 0 aliphatic carbocycles. The predicted octanol–water partition coefficient (Wildman–Crippen LogP) is 1.70. The molecule has 0 saturated carbocycles. The molecule has 1 saturated heterocycles. The first-order valence-electron chi connectivity index (χ1n) is 7.96. The first-order chi connectivity index (χ1) is 12.2. The smallest absolute Gasteiger partial charge is 0.353 e. The average molecular weight is 341 g/mol. The minimum atomic E-state index is -0.439. The van der Waals surface area contributed by atoms with E-state index in [-0.39, 0.29) is 11.5 Å². The molecule has 25 heavy (non-hydrogen) atoms. The first-order valence-corrected chi connectivity index (χ1v) is 7.96. The molecule has 0 spiro atoms. The van der Waals surface area contributed by atoms with Crippen molar-refractivity contribution in [3.8, 4) is 0 Å². The van der Waals surface area contributed by atoms with E-state index in [1.54, 1.807) is 12.3 Å². The van der Waals surface area contributed by atoms with Crippen LogP contribution in [-0.2, 0) is 0 Å². The topological polar surface area (TPSA) is 100 Å². The number of piperazine rings is 1. The van der Waals surface area contributed by atoms with Crippen molar-refractivity contribution >= 4 is 23.1 Å². The summed E-state index contributed by atoms with van der Waals surface area (Å²) in [4.78, 5) is 27.7. The fraction of sp³-hybridized carbons (Fsp3) is 0.312. The maximum Gasteiger partial charge on any atom is 0.353 e. The highest BCUT2D eigenvalue weighted by Crippen LogP contribution is 2.32. The van der Waals surface area contributed by atoms with Gasteiger partial charge in [0.1, 0.15) is 12.1 Å². The van der Waals surface area contributed by atoms with Gasteiger partial charge in [0.25, 0.3) is 0 Å². The van der Waals surface area contributed by atoms with E-state index in [2.05, 4.69) is 31.7 Å². The minimum absolute atomic E-state index is 0.101. The maximum atomic E-state index is 11.5. The van der Waals surface area contributed by atoms with Crippen LogP contribution >= 0.6 is 0 Å². The molecule has 9 nitrogen and oxygen atoms in total. The molecule has 1 aliphatic rings. The molecule has 0 aromatic carbocycles. The van der Waals surface area contributed by atoms with Gasteiger partial charge in [-0.1, -0.05) is 12.1 Å². The lowest BCUT2D eigenvalue weighted by Crippen LogP contribution is -2.47. The number of pyridine rings is 1. The highest BCUT2D eigenvalue weighted by Gasteiger charge is 2.29. The number of hydrogen-bond donors (Lipinski definition) is 1. The van der Waals surface area contributed by atoms with Crippen molar-refractivity contribution < 1.29 is 4.92 Å². The summed E-state index contributed by atoms with van der Waals surface area (Å²) in [6.07, 6.45) is 4.73. The van der Waals surface area contributed by atoms with E-state index in [9.17, 15) is 10.1 Å². The zero-order chi connectivity index (χ0) is 17.6. The van der Waals surface area contributed by atoms with Crippen LogP contribution in [0.25, 0.3) is 0 Å². The van der Waals surface area contributed by atoms with Crippen LogP contribution in [0, 0.1) is 10.1 Å². The zero-order valence-electron chi connectivity index (χ0n) is 13.7. The third kappa shape index (κ3) is 3.65. The van der Waals surface area contributed by atoms with Gasteiger partial charge in [0.15, 0.2) is 0 Å². The quantitative estimate of drug-likeness (QED) is 0.481. The SMILES string of the molecule is C=CCNc1ncnc(N2CCN(c3ccccn3)CC2)c1[N+](=O)[O-]. The fourth-order valence-electron chi connectivity index (χ4n) is 2.76. The van der Waals surface area contributed by atoms with Gasteiger partial charge in [0, 0.05) is 38.9 Å². The molecule has 1 N–H and O–H groups in total. The monoisotopic (exact) mass is 341 g/mol. The summed E-state index contributed by atoms with van der Waals surface area (Å²) in [7, 11) is 0. The van der Waals surface area contributed by atoms with Gasteiger partial charge in [-0.25, -0.2) is 15.0 Å². The number of rotatable bonds is 6. The van der Waals surface area contributed by atoms with E-state index in [1.807, 2.05) is 23.1 Å². The number of nitrogens with zero attached hydrogens (tertiary/aromatic N) is 6. The molecule has 0 unspecified atom stereocenters. The van der Waals surface area contributed by atoms with Gasteiger partial charge in [-0.3, -0.25) is 10.1 Å². The number of aromatic nitrogens is 3. The Kier molecular flexibility index (Phi) is 5.03. The van der Waals surface area contributed by atoms with Crippen molar-refractivity contribution in [1.82, 2.24) is 15.0 Å². The number of hydrogen-bond acceptors (Lipinski definition) is 8. The number of nitro groups is 1. The lowest BCUT2D eigenvalue weighted by atomic mass is 10.2. The van der Waals surface area contributed by atoms with E-state index in [1.165, 1.54) is 6.33 Å². The van der Waals surface area contributed by atoms with Crippen LogP contribution < -0.4 is 15.1 Å². The molecule has 2 aromatic rings. The van der Waals surface area contributed by atoms with E-state index in [0.29, 0.717) is 38.5 Å². The standard InChI is InChI=1S/C16H19N7O2/c1-2-6-18-15-14(23(24)25)16(20-12-19-15)22-10-8-21(9-11-22)13-5-3-4-7-17-13/h2-5,7,12H,1,6,8-11H2,(H,18,19,20). The van der Waals surface area contributed by atoms with Crippen LogP contribution in [0.15, 0.2) is 43.4 Å². The Morgan fingerprint density at radius 1 is 1.20 bits per heavy atom. The Balaban J connectivity index is 1.78. The van der Waals surface area contributed by atoms with Crippen LogP contribution in [0.3, 0.4) is 0 Å². The van der Waals surface area contributed by atoms with Crippen molar-refractivity contribution in [3.63, 3.8) is 0 Å². The van der Waals surface area contributed by atoms with Crippen molar-refractivity contribution in [2.45, 2.75) is 0 Å². The molecular formula is C16H19N7O2. The Bertz CT molecular complexity index is 745. The van der Waals surface area contributed by atoms with E-state index < -0.39 is 4.92 Å². The van der Waals surface area contributed by atoms with Crippen molar-refractivity contribution in [2.75, 3.05) is 47.8 Å². The molecule has 1 aliphatic heterocycles. The van der Waals surface area contributed by atoms with Gasteiger partial charge in [0.05, 0.1) is 4.92 Å². The van der Waals surface area contributed by atoms with Crippen LogP contribution in [-0.4, -0.2) is 52.6 Å². The van der Waals surface area contributed by atoms with Crippen molar-refractivity contribution in [2.24, 2.45) is 0 Å². The van der Waals surface area contributed by atoms with Crippen LogP contribution in [0.2, 0.25) is 0 Å². The highest BCUT2D eigenvalue weighted by atomic mass is 16.6. The molecule has 0 atom stereocenters. The lowest BCUT2D eigenvalue weighted by Gasteiger charge is -2.35. The Morgan fingerprint density at radius 2 is 1.96 bits per heavy atom. The fourth-order valence-corrected chi connectivity index (χ4v) is 2.76. The normalized spacial score (nSPS) is 14.2. The van der Waals surface area contributed by atoms with Crippen LogP contribution in [0.1, 0.15) is 0 Å². The summed E-state index contributed by atoms with van der Waals surface area (Å²) >= 11 is 0. The highest BCUT2D eigenvalue weighted by molar-refractivity contribution is 5.70. The summed E-state index contributed by atoms with van der Waals surface area (Å²) in [6.45, 7) is 6.67. The van der Waals surface area contributed by atoms with Gasteiger partial charge >= 0.3 is 5.69 Å². The molecule has 9 heteroatoms. The molecule has 3 rings (SSSR count). The summed E-state index contributed by atoms with van der Waals surface area (Å²) in [6, 6.07) is 5.78. The van der Waals surface area contributed by atoms with Gasteiger partial charge in [0.2, 0.25) is 11.6 Å². The first kappa shape index (κ1) is 16.6. The molecule has 130 valence electrons. The number of anilines is 3. The molecule has 0 amide bonds. The second-order valence-corrected chi connectivity index (χ2v) is 5.48. The maximum absolute atomic E-state index is 11.5. The minimum Gasteiger partial charge on any atom is -0.361 e. The summed E-state index contributed by atoms with van der Waals surface area (Å²) in [5.74, 6) is 1.46. The summed E-state index contributed by atoms with van der Waals surface area (Å²) in [5.41, 5.74) is -0.101. The Morgan fingerprint density at radius 3 is 2.60 bits per heavy atom. The van der Waals surface area contributed by atoms with E-state index >= 15 is 0 Å². The molecule has 2 aromatic heterocycles. The lowest BCUT2D eigenvalue weighted by molar-refractivity contribution is -0.383. The van der Waals surface area contributed by atoms with Gasteiger partial charge < -0.3 is 15.1 Å². The van der Waals surface area contributed by atoms with Crippen LogP contribution in [0.5, 0.6) is 0 Å². The Hall–Kier alpha value is -3.23. The number of nitrogens with one attached hydrogen (secondary N) is 1. The molecular weight excluding hydrogens is 322 g/mol. The second-order valence-electron chi connectivity index (χ2n) is 5.48. The summed E-state index contributed by atoms with van der Waals surface area (Å²) in [5, 5.41) is 14.4. The zero-order valence-corrected chi connectivity index (χ0v) is 13.7. The summed E-state index contributed by atoms with van der Waals surface area (Å²) < 4.78 is 0. The second kappa shape index (κ2) is 7.56. The average Bonchev–Trinajstić information content (AvgIpc) is 2.66. The third-order valence-electron chi connectivity index (χ3n) is 3.95. The van der Waals surface area contributed by atoms with E-state index in [0.717, 1.165) is 5.82 Å². The molecule has 0 bridgehead atoms. The van der Waals surface area contributed by atoms with E-state index in [4.69, 9.17) is 0 Å². The molecule has 1 fully saturated rings.